The van der Waals surface area contributed by atoms with Crippen LogP contribution in [0.15, 0.2) is 6.33 Å². The van der Waals surface area contributed by atoms with Gasteiger partial charge >= 0.3 is 0 Å². The number of carbonyl (C=O) groups is 1. The first-order valence-corrected chi connectivity index (χ1v) is 6.55. The smallest absolute Gasteiger partial charge is 0.224 e. The maximum atomic E-state index is 11.9. The van der Waals surface area contributed by atoms with E-state index >= 15 is 0 Å². The van der Waals surface area contributed by atoms with Crippen molar-refractivity contribution in [3.63, 3.8) is 0 Å². The zero-order valence-corrected chi connectivity index (χ0v) is 12.1. The maximum Gasteiger partial charge on any atom is 0.224 e. The lowest BCUT2D eigenvalue weighted by Gasteiger charge is -2.19. The molecule has 1 rings (SSSR count). The van der Waals surface area contributed by atoms with Gasteiger partial charge in [-0.3, -0.25) is 4.79 Å². The van der Waals surface area contributed by atoms with E-state index in [9.17, 15) is 4.79 Å². The average Bonchev–Trinajstić information content (AvgIpc) is 2.48. The van der Waals surface area contributed by atoms with Gasteiger partial charge in [0.05, 0.1) is 7.11 Å². The molecule has 0 saturated carbocycles. The summed E-state index contributed by atoms with van der Waals surface area (Å²) in [4.78, 5) is 21.7. The number of nitrogens with one attached hydrogen (secondary N) is 2. The Bertz CT molecular complexity index is 436. The normalized spacial score (nSPS) is 10.0. The van der Waals surface area contributed by atoms with Crippen LogP contribution in [0.25, 0.3) is 0 Å². The minimum atomic E-state index is 0.104. The van der Waals surface area contributed by atoms with Crippen molar-refractivity contribution < 1.29 is 9.53 Å². The summed E-state index contributed by atoms with van der Waals surface area (Å²) in [5, 5.41) is 3.05. The number of aromatic nitrogens is 2. The molecule has 1 aromatic heterocycles. The molecule has 0 aliphatic carbocycles. The number of carbonyl (C=O) groups excluding carboxylic acids is 1. The van der Waals surface area contributed by atoms with Crippen LogP contribution in [0.4, 0.5) is 11.6 Å². The second kappa shape index (κ2) is 8.16. The van der Waals surface area contributed by atoms with Crippen molar-refractivity contribution in [2.45, 2.75) is 20.3 Å². The molecule has 0 fully saturated rings. The van der Waals surface area contributed by atoms with Gasteiger partial charge in [0.2, 0.25) is 11.7 Å². The number of hydrazine groups is 1. The number of hydrogen-bond acceptors (Lipinski definition) is 7. The van der Waals surface area contributed by atoms with Crippen LogP contribution in [0.5, 0.6) is 5.75 Å². The van der Waals surface area contributed by atoms with E-state index < -0.39 is 0 Å². The summed E-state index contributed by atoms with van der Waals surface area (Å²) in [6.45, 7) is 5.82. The lowest BCUT2D eigenvalue weighted by molar-refractivity contribution is -0.130. The van der Waals surface area contributed by atoms with E-state index in [4.69, 9.17) is 10.6 Å². The number of nitrogens with two attached hydrogens (primary N) is 1. The van der Waals surface area contributed by atoms with Gasteiger partial charge in [-0.15, -0.1) is 0 Å². The molecule has 0 saturated heterocycles. The lowest BCUT2D eigenvalue weighted by atomic mass is 10.3. The van der Waals surface area contributed by atoms with Gasteiger partial charge in [-0.1, -0.05) is 0 Å². The van der Waals surface area contributed by atoms with Crippen LogP contribution in [0, 0.1) is 0 Å². The molecule has 1 aromatic rings. The summed E-state index contributed by atoms with van der Waals surface area (Å²) >= 11 is 0. The van der Waals surface area contributed by atoms with E-state index in [0.29, 0.717) is 43.4 Å². The van der Waals surface area contributed by atoms with E-state index in [1.54, 1.807) is 4.90 Å². The Labute approximate surface area is 118 Å². The number of anilines is 2. The fourth-order valence-electron chi connectivity index (χ4n) is 1.82. The molecule has 0 spiro atoms. The Balaban J connectivity index is 2.60. The predicted octanol–water partition coefficient (Wildman–Crippen LogP) is 0.441. The highest BCUT2D eigenvalue weighted by atomic mass is 16.5. The Kier molecular flexibility index (Phi) is 6.51. The molecule has 0 atom stereocenters. The number of nitrogens with zero attached hydrogens (tertiary/aromatic N) is 3. The minimum Gasteiger partial charge on any atom is -0.490 e. The number of amides is 1. The van der Waals surface area contributed by atoms with Gasteiger partial charge in [0.15, 0.2) is 11.6 Å². The van der Waals surface area contributed by atoms with E-state index in [1.165, 1.54) is 13.4 Å². The molecule has 0 aliphatic rings. The second-order valence-corrected chi connectivity index (χ2v) is 3.99. The average molecular weight is 282 g/mol. The van der Waals surface area contributed by atoms with Gasteiger partial charge in [-0.25, -0.2) is 15.8 Å². The number of nitrogen functional groups attached to an aromatic ring is 1. The van der Waals surface area contributed by atoms with Gasteiger partial charge in [-0.05, 0) is 13.8 Å². The summed E-state index contributed by atoms with van der Waals surface area (Å²) in [7, 11) is 1.51. The van der Waals surface area contributed by atoms with Crippen molar-refractivity contribution in [3.8, 4) is 5.75 Å². The summed E-state index contributed by atoms with van der Waals surface area (Å²) in [5.74, 6) is 6.76. The Morgan fingerprint density at radius 1 is 1.35 bits per heavy atom. The molecule has 1 amide bonds. The van der Waals surface area contributed by atoms with Crippen LogP contribution in [0.1, 0.15) is 20.3 Å². The van der Waals surface area contributed by atoms with E-state index in [1.807, 2.05) is 13.8 Å². The number of methoxy groups -OCH3 is 1. The molecule has 112 valence electrons. The van der Waals surface area contributed by atoms with Gasteiger partial charge < -0.3 is 20.4 Å². The van der Waals surface area contributed by atoms with Gasteiger partial charge in [0.1, 0.15) is 6.33 Å². The molecule has 0 aliphatic heterocycles. The van der Waals surface area contributed by atoms with Crippen molar-refractivity contribution in [2.75, 3.05) is 37.5 Å². The van der Waals surface area contributed by atoms with Crippen LogP contribution < -0.4 is 21.3 Å². The van der Waals surface area contributed by atoms with Crippen LogP contribution in [-0.4, -0.2) is 47.5 Å². The van der Waals surface area contributed by atoms with Gasteiger partial charge in [-0.2, -0.15) is 0 Å². The first-order valence-electron chi connectivity index (χ1n) is 6.55. The van der Waals surface area contributed by atoms with Crippen molar-refractivity contribution in [1.29, 1.82) is 0 Å². The van der Waals surface area contributed by atoms with Crippen LogP contribution >= 0.6 is 0 Å². The third-order valence-electron chi connectivity index (χ3n) is 2.89. The van der Waals surface area contributed by atoms with Crippen molar-refractivity contribution in [3.05, 3.63) is 6.33 Å². The SMILES string of the molecule is CCN(CC)C(=O)CCNc1ncnc(NN)c1OC. The second-order valence-electron chi connectivity index (χ2n) is 3.99. The highest BCUT2D eigenvalue weighted by Crippen LogP contribution is 2.27. The molecule has 1 heterocycles. The lowest BCUT2D eigenvalue weighted by Crippen LogP contribution is -2.31. The minimum absolute atomic E-state index is 0.104. The Hall–Kier alpha value is -2.09. The Morgan fingerprint density at radius 3 is 2.55 bits per heavy atom. The largest absolute Gasteiger partial charge is 0.490 e. The predicted molar refractivity (Wildman–Crippen MR) is 77.4 cm³/mol. The summed E-state index contributed by atoms with van der Waals surface area (Å²) in [6, 6.07) is 0. The van der Waals surface area contributed by atoms with Crippen molar-refractivity contribution in [2.24, 2.45) is 5.84 Å². The fraction of sp³-hybridized carbons (Fsp3) is 0.583. The van der Waals surface area contributed by atoms with E-state index in [-0.39, 0.29) is 5.91 Å². The highest BCUT2D eigenvalue weighted by Gasteiger charge is 2.12. The molecule has 4 N–H and O–H groups in total. The first-order chi connectivity index (χ1) is 9.67. The number of ether oxygens (including phenoxy) is 1. The standard InChI is InChI=1S/C12H22N6O2/c1-4-18(5-2)9(19)6-7-14-11-10(20-3)12(17-13)16-8-15-11/h8H,4-7,13H2,1-3H3,(H2,14,15,16,17). The molecule has 0 bridgehead atoms. The van der Waals surface area contributed by atoms with Crippen LogP contribution in [0.3, 0.4) is 0 Å². The zero-order chi connectivity index (χ0) is 15.0. The molecule has 0 unspecified atom stereocenters. The molecule has 8 nitrogen and oxygen atoms in total. The fourth-order valence-corrected chi connectivity index (χ4v) is 1.82. The molecule has 20 heavy (non-hydrogen) atoms. The third-order valence-corrected chi connectivity index (χ3v) is 2.89. The van der Waals surface area contributed by atoms with Gasteiger partial charge in [0.25, 0.3) is 0 Å². The summed E-state index contributed by atoms with van der Waals surface area (Å²) < 4.78 is 5.19. The highest BCUT2D eigenvalue weighted by molar-refractivity contribution is 5.76. The molecule has 0 aromatic carbocycles. The third kappa shape index (κ3) is 3.95. The molecule has 8 heteroatoms. The first kappa shape index (κ1) is 16.0. The molecule has 0 radical (unpaired) electrons. The number of rotatable bonds is 8. The topological polar surface area (TPSA) is 105 Å². The van der Waals surface area contributed by atoms with Crippen LogP contribution in [0.2, 0.25) is 0 Å². The Morgan fingerprint density at radius 2 is 2.00 bits per heavy atom. The quantitative estimate of drug-likeness (QED) is 0.469. The summed E-state index contributed by atoms with van der Waals surface area (Å²) in [6.07, 6.45) is 1.76. The van der Waals surface area contributed by atoms with Gasteiger partial charge in [0, 0.05) is 26.1 Å². The molecular formula is C12H22N6O2. The van der Waals surface area contributed by atoms with Crippen molar-refractivity contribution in [1.82, 2.24) is 14.9 Å². The summed E-state index contributed by atoms with van der Waals surface area (Å²) in [5.41, 5.74) is 2.43. The maximum absolute atomic E-state index is 11.9. The van der Waals surface area contributed by atoms with E-state index in [0.717, 1.165) is 0 Å². The molecular weight excluding hydrogens is 260 g/mol. The van der Waals surface area contributed by atoms with E-state index in [2.05, 4.69) is 20.7 Å². The number of hydrogen-bond donors (Lipinski definition) is 3. The van der Waals surface area contributed by atoms with Crippen LogP contribution in [-0.2, 0) is 4.79 Å². The monoisotopic (exact) mass is 282 g/mol. The zero-order valence-electron chi connectivity index (χ0n) is 12.1. The van der Waals surface area contributed by atoms with Crippen molar-refractivity contribution >= 4 is 17.5 Å².